The van der Waals surface area contributed by atoms with Gasteiger partial charge >= 0.3 is 5.97 Å². The van der Waals surface area contributed by atoms with Crippen molar-refractivity contribution in [3.63, 3.8) is 0 Å². The van der Waals surface area contributed by atoms with Crippen LogP contribution in [0, 0.1) is 11.8 Å². The second-order valence-electron chi connectivity index (χ2n) is 4.47. The van der Waals surface area contributed by atoms with Crippen LogP contribution in [0.3, 0.4) is 0 Å². The number of hydrogen-bond donors (Lipinski definition) is 1. The van der Waals surface area contributed by atoms with E-state index in [0.29, 0.717) is 6.42 Å². The van der Waals surface area contributed by atoms with Gasteiger partial charge in [0.1, 0.15) is 6.29 Å². The summed E-state index contributed by atoms with van der Waals surface area (Å²) in [6.07, 6.45) is 3.25. The third-order valence-electron chi connectivity index (χ3n) is 3.14. The van der Waals surface area contributed by atoms with E-state index in [-0.39, 0.29) is 12.3 Å². The van der Waals surface area contributed by atoms with Gasteiger partial charge in [0.05, 0.1) is 5.92 Å². The second-order valence-corrected chi connectivity index (χ2v) is 4.47. The van der Waals surface area contributed by atoms with E-state index in [0.717, 1.165) is 17.4 Å². The van der Waals surface area contributed by atoms with Gasteiger partial charge in [-0.05, 0) is 23.5 Å². The van der Waals surface area contributed by atoms with Crippen molar-refractivity contribution in [3.8, 4) is 0 Å². The van der Waals surface area contributed by atoms with Crippen LogP contribution < -0.4 is 0 Å². The standard InChI is InChI=1S/C15H18O3/c1-3-12-4-6-13(7-5-12)10-14(15(17)18)11(2)8-9-16/h3-7,9,11,14H,1,8,10H2,2H3,(H,17,18). The van der Waals surface area contributed by atoms with Crippen molar-refractivity contribution in [1.82, 2.24) is 0 Å². The average Bonchev–Trinajstić information content (AvgIpc) is 2.36. The average molecular weight is 246 g/mol. The van der Waals surface area contributed by atoms with E-state index in [4.69, 9.17) is 0 Å². The van der Waals surface area contributed by atoms with Gasteiger partial charge in [-0.25, -0.2) is 0 Å². The predicted molar refractivity (Wildman–Crippen MR) is 71.2 cm³/mol. The number of aliphatic carboxylic acids is 1. The van der Waals surface area contributed by atoms with Crippen LogP contribution in [0.5, 0.6) is 0 Å². The number of carboxylic acid groups (broad SMARTS) is 1. The van der Waals surface area contributed by atoms with Crippen molar-refractivity contribution >= 4 is 18.3 Å². The smallest absolute Gasteiger partial charge is 0.307 e. The molecule has 0 aliphatic rings. The first kappa shape index (κ1) is 14.2. The fourth-order valence-corrected chi connectivity index (χ4v) is 1.89. The Hall–Kier alpha value is -1.90. The van der Waals surface area contributed by atoms with Gasteiger partial charge in [-0.1, -0.05) is 43.8 Å². The van der Waals surface area contributed by atoms with Gasteiger partial charge in [0.15, 0.2) is 0 Å². The molecule has 0 spiro atoms. The highest BCUT2D eigenvalue weighted by Gasteiger charge is 2.24. The molecule has 3 nitrogen and oxygen atoms in total. The first-order valence-electron chi connectivity index (χ1n) is 5.96. The highest BCUT2D eigenvalue weighted by Crippen LogP contribution is 2.20. The Labute approximate surface area is 107 Å². The minimum Gasteiger partial charge on any atom is -0.481 e. The molecule has 1 aromatic rings. The Morgan fingerprint density at radius 2 is 2.00 bits per heavy atom. The minimum atomic E-state index is -0.850. The molecule has 1 rings (SSSR count). The normalized spacial score (nSPS) is 13.6. The lowest BCUT2D eigenvalue weighted by molar-refractivity contribution is -0.143. The van der Waals surface area contributed by atoms with E-state index in [9.17, 15) is 14.7 Å². The van der Waals surface area contributed by atoms with Crippen LogP contribution in [0.2, 0.25) is 0 Å². The first-order valence-corrected chi connectivity index (χ1v) is 5.96. The molecule has 1 aromatic carbocycles. The molecule has 2 atom stereocenters. The second kappa shape index (κ2) is 6.74. The van der Waals surface area contributed by atoms with Crippen LogP contribution >= 0.6 is 0 Å². The molecule has 0 aliphatic heterocycles. The number of hydrogen-bond acceptors (Lipinski definition) is 2. The molecule has 0 saturated heterocycles. The maximum absolute atomic E-state index is 11.2. The summed E-state index contributed by atoms with van der Waals surface area (Å²) in [4.78, 5) is 21.7. The Morgan fingerprint density at radius 1 is 1.39 bits per heavy atom. The molecule has 0 amide bonds. The third kappa shape index (κ3) is 3.84. The lowest BCUT2D eigenvalue weighted by Gasteiger charge is -2.18. The van der Waals surface area contributed by atoms with Gasteiger partial charge in [0.25, 0.3) is 0 Å². The highest BCUT2D eigenvalue weighted by molar-refractivity contribution is 5.71. The van der Waals surface area contributed by atoms with Gasteiger partial charge < -0.3 is 9.90 Å². The molecule has 96 valence electrons. The zero-order valence-electron chi connectivity index (χ0n) is 10.5. The summed E-state index contributed by atoms with van der Waals surface area (Å²) in [5, 5.41) is 9.20. The van der Waals surface area contributed by atoms with Crippen LogP contribution in [0.1, 0.15) is 24.5 Å². The predicted octanol–water partition coefficient (Wildman–Crippen LogP) is 2.80. The maximum atomic E-state index is 11.2. The molecule has 0 aromatic heterocycles. The number of carbonyl (C=O) groups is 2. The van der Waals surface area contributed by atoms with Crippen molar-refractivity contribution in [2.45, 2.75) is 19.8 Å². The number of benzene rings is 1. The van der Waals surface area contributed by atoms with E-state index in [1.54, 1.807) is 13.0 Å². The molecular formula is C15H18O3. The van der Waals surface area contributed by atoms with Crippen molar-refractivity contribution in [2.24, 2.45) is 11.8 Å². The lowest BCUT2D eigenvalue weighted by atomic mass is 9.86. The van der Waals surface area contributed by atoms with Crippen LogP contribution in [-0.4, -0.2) is 17.4 Å². The molecule has 3 heteroatoms. The quantitative estimate of drug-likeness (QED) is 0.753. The van der Waals surface area contributed by atoms with Gasteiger partial charge in [-0.2, -0.15) is 0 Å². The van der Waals surface area contributed by atoms with Crippen molar-refractivity contribution < 1.29 is 14.7 Å². The molecule has 2 unspecified atom stereocenters. The molecule has 0 bridgehead atoms. The summed E-state index contributed by atoms with van der Waals surface area (Å²) in [6, 6.07) is 7.62. The van der Waals surface area contributed by atoms with E-state index in [2.05, 4.69) is 6.58 Å². The van der Waals surface area contributed by atoms with E-state index in [1.165, 1.54) is 0 Å². The summed E-state index contributed by atoms with van der Waals surface area (Å²) in [7, 11) is 0. The largest absolute Gasteiger partial charge is 0.481 e. The topological polar surface area (TPSA) is 54.4 Å². The Morgan fingerprint density at radius 3 is 2.44 bits per heavy atom. The summed E-state index contributed by atoms with van der Waals surface area (Å²) < 4.78 is 0. The van der Waals surface area contributed by atoms with Crippen molar-refractivity contribution in [1.29, 1.82) is 0 Å². The van der Waals surface area contributed by atoms with Crippen LogP contribution in [-0.2, 0) is 16.0 Å². The van der Waals surface area contributed by atoms with Crippen molar-refractivity contribution in [3.05, 3.63) is 42.0 Å². The molecular weight excluding hydrogens is 228 g/mol. The minimum absolute atomic E-state index is 0.154. The number of carboxylic acids is 1. The molecule has 0 aliphatic carbocycles. The Bertz CT molecular complexity index is 420. The maximum Gasteiger partial charge on any atom is 0.307 e. The zero-order valence-corrected chi connectivity index (χ0v) is 10.5. The molecule has 0 heterocycles. The summed E-state index contributed by atoms with van der Waals surface area (Å²) in [6.45, 7) is 5.47. The molecule has 18 heavy (non-hydrogen) atoms. The fraction of sp³-hybridized carbons (Fsp3) is 0.333. The van der Waals surface area contributed by atoms with Gasteiger partial charge in [-0.15, -0.1) is 0 Å². The van der Waals surface area contributed by atoms with Gasteiger partial charge in [0, 0.05) is 6.42 Å². The van der Waals surface area contributed by atoms with Crippen LogP contribution in [0.15, 0.2) is 30.8 Å². The molecule has 0 radical (unpaired) electrons. The zero-order chi connectivity index (χ0) is 13.5. The Kier molecular flexibility index (Phi) is 5.31. The van der Waals surface area contributed by atoms with Gasteiger partial charge in [-0.3, -0.25) is 4.79 Å². The summed E-state index contributed by atoms with van der Waals surface area (Å²) >= 11 is 0. The fourth-order valence-electron chi connectivity index (χ4n) is 1.89. The number of carbonyl (C=O) groups excluding carboxylic acids is 1. The molecule has 0 saturated carbocycles. The van der Waals surface area contributed by atoms with Gasteiger partial charge in [0.2, 0.25) is 0 Å². The number of rotatable bonds is 7. The summed E-state index contributed by atoms with van der Waals surface area (Å²) in [5.41, 5.74) is 1.97. The monoisotopic (exact) mass is 246 g/mol. The first-order chi connectivity index (χ1) is 8.58. The molecule has 0 fully saturated rings. The van der Waals surface area contributed by atoms with Crippen LogP contribution in [0.4, 0.5) is 0 Å². The van der Waals surface area contributed by atoms with E-state index >= 15 is 0 Å². The lowest BCUT2D eigenvalue weighted by Crippen LogP contribution is -2.24. The molecule has 1 N–H and O–H groups in total. The Balaban J connectivity index is 2.79. The summed E-state index contributed by atoms with van der Waals surface area (Å²) in [5.74, 6) is -1.53. The van der Waals surface area contributed by atoms with E-state index < -0.39 is 11.9 Å². The highest BCUT2D eigenvalue weighted by atomic mass is 16.4. The van der Waals surface area contributed by atoms with E-state index in [1.807, 2.05) is 24.3 Å². The SMILES string of the molecule is C=Cc1ccc(CC(C(=O)O)C(C)CC=O)cc1. The third-order valence-corrected chi connectivity index (χ3v) is 3.14. The van der Waals surface area contributed by atoms with Crippen molar-refractivity contribution in [2.75, 3.05) is 0 Å². The van der Waals surface area contributed by atoms with Crippen LogP contribution in [0.25, 0.3) is 6.08 Å². The number of aldehydes is 1.